The van der Waals surface area contributed by atoms with E-state index < -0.39 is 0 Å². The van der Waals surface area contributed by atoms with Gasteiger partial charge in [-0.15, -0.1) is 0 Å². The van der Waals surface area contributed by atoms with Gasteiger partial charge in [-0.2, -0.15) is 0 Å². The van der Waals surface area contributed by atoms with Crippen molar-refractivity contribution >= 4 is 5.71 Å². The van der Waals surface area contributed by atoms with Gasteiger partial charge in [0.05, 0.1) is 0 Å². The molecule has 0 aromatic carbocycles. The zero-order chi connectivity index (χ0) is 7.28. The van der Waals surface area contributed by atoms with Crippen LogP contribution in [0, 0.1) is 12.8 Å². The minimum Gasteiger partial charge on any atom is -0.294 e. The van der Waals surface area contributed by atoms with Crippen LogP contribution in [0.1, 0.15) is 27.2 Å². The Balaban J connectivity index is 3.49. The fourth-order valence-corrected chi connectivity index (χ4v) is 0.846. The molecule has 0 aromatic rings. The smallest absolute Gasteiger partial charge is 0.0389 e. The Labute approximate surface area is 58.2 Å². The molecular weight excluding hydrogens is 110 g/mol. The van der Waals surface area contributed by atoms with Crippen molar-refractivity contribution in [1.29, 1.82) is 0 Å². The van der Waals surface area contributed by atoms with E-state index in [1.807, 2.05) is 0 Å². The van der Waals surface area contributed by atoms with E-state index in [2.05, 4.69) is 32.7 Å². The Morgan fingerprint density at radius 1 is 1.56 bits per heavy atom. The van der Waals surface area contributed by atoms with Gasteiger partial charge in [-0.25, -0.2) is 0 Å². The minimum atomic E-state index is 0.679. The number of rotatable bonds is 3. The van der Waals surface area contributed by atoms with E-state index in [1.165, 1.54) is 5.71 Å². The standard InChI is InChI=1S/C8H16N/c1-5-9-8(4)6-7(2)3/h7H,1,5-6H2,2-4H3. The maximum atomic E-state index is 4.17. The summed E-state index contributed by atoms with van der Waals surface area (Å²) in [4.78, 5) is 4.17. The molecule has 53 valence electrons. The largest absolute Gasteiger partial charge is 0.294 e. The lowest BCUT2D eigenvalue weighted by Crippen LogP contribution is -1.98. The summed E-state index contributed by atoms with van der Waals surface area (Å²) in [5.74, 6) is 0.722. The average Bonchev–Trinajstić information content (AvgIpc) is 1.63. The van der Waals surface area contributed by atoms with E-state index in [4.69, 9.17) is 0 Å². The van der Waals surface area contributed by atoms with Crippen molar-refractivity contribution in [2.45, 2.75) is 27.2 Å². The van der Waals surface area contributed by atoms with Gasteiger partial charge in [0.2, 0.25) is 0 Å². The molecular formula is C8H16N. The maximum absolute atomic E-state index is 4.17. The zero-order valence-corrected chi connectivity index (χ0v) is 6.65. The fraction of sp³-hybridized carbons (Fsp3) is 0.750. The second-order valence-electron chi connectivity index (χ2n) is 2.71. The summed E-state index contributed by atoms with van der Waals surface area (Å²) in [6.07, 6.45) is 1.11. The molecule has 0 unspecified atom stereocenters. The molecule has 1 heteroatoms. The van der Waals surface area contributed by atoms with Gasteiger partial charge in [0.25, 0.3) is 0 Å². The van der Waals surface area contributed by atoms with E-state index in [9.17, 15) is 0 Å². The first-order valence-corrected chi connectivity index (χ1v) is 3.46. The van der Waals surface area contributed by atoms with Crippen molar-refractivity contribution in [3.05, 3.63) is 6.92 Å². The summed E-state index contributed by atoms with van der Waals surface area (Å²) in [6, 6.07) is 0. The van der Waals surface area contributed by atoms with E-state index in [1.54, 1.807) is 0 Å². The molecule has 0 aliphatic heterocycles. The highest BCUT2D eigenvalue weighted by Gasteiger charge is 1.94. The molecule has 0 aliphatic carbocycles. The summed E-state index contributed by atoms with van der Waals surface area (Å²) in [7, 11) is 0. The topological polar surface area (TPSA) is 12.4 Å². The quantitative estimate of drug-likeness (QED) is 0.515. The second kappa shape index (κ2) is 4.54. The molecule has 1 radical (unpaired) electrons. The highest BCUT2D eigenvalue weighted by atomic mass is 14.7. The molecule has 0 N–H and O–H groups in total. The Hall–Kier alpha value is -0.330. The van der Waals surface area contributed by atoms with Gasteiger partial charge in [-0.05, 0) is 26.2 Å². The predicted molar refractivity (Wildman–Crippen MR) is 42.8 cm³/mol. The lowest BCUT2D eigenvalue weighted by Gasteiger charge is -2.01. The van der Waals surface area contributed by atoms with Crippen LogP contribution in [0.3, 0.4) is 0 Å². The molecule has 0 atom stereocenters. The number of aliphatic imine (C=N–C) groups is 1. The van der Waals surface area contributed by atoms with Crippen LogP contribution in [-0.4, -0.2) is 12.3 Å². The van der Waals surface area contributed by atoms with Gasteiger partial charge < -0.3 is 0 Å². The number of hydrogen-bond acceptors (Lipinski definition) is 1. The monoisotopic (exact) mass is 126 g/mol. The van der Waals surface area contributed by atoms with Crippen LogP contribution in [0.25, 0.3) is 0 Å². The van der Waals surface area contributed by atoms with Gasteiger partial charge >= 0.3 is 0 Å². The van der Waals surface area contributed by atoms with Gasteiger partial charge in [-0.3, -0.25) is 4.99 Å². The minimum absolute atomic E-state index is 0.679. The van der Waals surface area contributed by atoms with Crippen LogP contribution in [-0.2, 0) is 0 Å². The van der Waals surface area contributed by atoms with Gasteiger partial charge in [0, 0.05) is 12.3 Å². The SMILES string of the molecule is [CH2]CN=C(C)CC(C)C. The number of nitrogens with zero attached hydrogens (tertiary/aromatic N) is 1. The average molecular weight is 126 g/mol. The second-order valence-corrected chi connectivity index (χ2v) is 2.71. The van der Waals surface area contributed by atoms with Gasteiger partial charge in [0.15, 0.2) is 0 Å². The first-order chi connectivity index (χ1) is 4.16. The van der Waals surface area contributed by atoms with Crippen molar-refractivity contribution in [3.63, 3.8) is 0 Å². The van der Waals surface area contributed by atoms with Crippen molar-refractivity contribution in [2.75, 3.05) is 6.54 Å². The van der Waals surface area contributed by atoms with Gasteiger partial charge in [0.1, 0.15) is 0 Å². The first-order valence-electron chi connectivity index (χ1n) is 3.46. The Morgan fingerprint density at radius 2 is 2.11 bits per heavy atom. The van der Waals surface area contributed by atoms with E-state index in [-0.39, 0.29) is 0 Å². The molecule has 0 aliphatic rings. The van der Waals surface area contributed by atoms with Crippen LogP contribution < -0.4 is 0 Å². The Morgan fingerprint density at radius 3 is 2.44 bits per heavy atom. The summed E-state index contributed by atoms with van der Waals surface area (Å²) >= 11 is 0. The van der Waals surface area contributed by atoms with E-state index in [0.29, 0.717) is 6.54 Å². The van der Waals surface area contributed by atoms with Crippen molar-refractivity contribution in [2.24, 2.45) is 10.9 Å². The van der Waals surface area contributed by atoms with Crippen molar-refractivity contribution in [3.8, 4) is 0 Å². The predicted octanol–water partition coefficient (Wildman–Crippen LogP) is 2.33. The summed E-state index contributed by atoms with van der Waals surface area (Å²) in [5, 5.41) is 0. The van der Waals surface area contributed by atoms with Crippen LogP contribution in [0.2, 0.25) is 0 Å². The molecule has 0 saturated heterocycles. The summed E-state index contributed by atoms with van der Waals surface area (Å²) in [6.45, 7) is 10.8. The molecule has 0 heterocycles. The molecule has 0 fully saturated rings. The van der Waals surface area contributed by atoms with Crippen LogP contribution in [0.4, 0.5) is 0 Å². The molecule has 0 spiro atoms. The summed E-state index contributed by atoms with van der Waals surface area (Å²) in [5.41, 5.74) is 1.22. The fourth-order valence-electron chi connectivity index (χ4n) is 0.846. The maximum Gasteiger partial charge on any atom is 0.0389 e. The molecule has 0 amide bonds. The van der Waals surface area contributed by atoms with Crippen LogP contribution in [0.15, 0.2) is 4.99 Å². The highest BCUT2D eigenvalue weighted by Crippen LogP contribution is 2.00. The van der Waals surface area contributed by atoms with Gasteiger partial charge in [-0.1, -0.05) is 13.8 Å². The molecule has 0 rings (SSSR count). The summed E-state index contributed by atoms with van der Waals surface area (Å²) < 4.78 is 0. The lowest BCUT2D eigenvalue weighted by atomic mass is 10.1. The molecule has 9 heavy (non-hydrogen) atoms. The normalized spacial score (nSPS) is 12.8. The van der Waals surface area contributed by atoms with Crippen molar-refractivity contribution < 1.29 is 0 Å². The lowest BCUT2D eigenvalue weighted by molar-refractivity contribution is 0.681. The number of hydrogen-bond donors (Lipinski definition) is 0. The third-order valence-electron chi connectivity index (χ3n) is 1.09. The van der Waals surface area contributed by atoms with E-state index >= 15 is 0 Å². The molecule has 0 aromatic heterocycles. The first kappa shape index (κ1) is 8.67. The molecule has 0 saturated carbocycles. The third-order valence-corrected chi connectivity index (χ3v) is 1.09. The molecule has 0 bridgehead atoms. The Bertz CT molecular complexity index is 92.7. The van der Waals surface area contributed by atoms with Crippen molar-refractivity contribution in [1.82, 2.24) is 0 Å². The molecule has 1 nitrogen and oxygen atoms in total. The van der Waals surface area contributed by atoms with Crippen LogP contribution >= 0.6 is 0 Å². The van der Waals surface area contributed by atoms with Crippen LogP contribution in [0.5, 0.6) is 0 Å². The third kappa shape index (κ3) is 5.54. The zero-order valence-electron chi connectivity index (χ0n) is 6.65. The Kier molecular flexibility index (Phi) is 4.37. The highest BCUT2D eigenvalue weighted by molar-refractivity contribution is 5.82. The van der Waals surface area contributed by atoms with E-state index in [0.717, 1.165) is 12.3 Å².